The largest absolute Gasteiger partial charge is 0.355 e. The van der Waals surface area contributed by atoms with Crippen molar-refractivity contribution in [2.45, 2.75) is 0 Å². The fourth-order valence-electron chi connectivity index (χ4n) is 9.11. The number of para-hydroxylation sites is 6. The van der Waals surface area contributed by atoms with Gasteiger partial charge in [-0.1, -0.05) is 91.0 Å². The fourth-order valence-corrected chi connectivity index (χ4v) is 9.11. The molecule has 7 aromatic carbocycles. The Morgan fingerprint density at radius 3 is 2.04 bits per heavy atom. The summed E-state index contributed by atoms with van der Waals surface area (Å²) in [4.78, 5) is 11.0. The molecule has 11 aromatic rings. The minimum atomic E-state index is -2.28. The SMILES string of the molecule is [2H]C([2H])([2H])N1CN(c2cccc(N(c3ccccc3)c3ccc4c5cccc6c5n(c4c3)c3ncccc3c3cccc4c5ccccc5n6c43)c2)c2ccccc21. The van der Waals surface area contributed by atoms with Gasteiger partial charge in [-0.25, -0.2) is 4.98 Å². The number of rotatable bonds is 4. The Morgan fingerprint density at radius 2 is 1.15 bits per heavy atom. The van der Waals surface area contributed by atoms with Crippen LogP contribution in [-0.2, 0) is 0 Å². The zero-order valence-corrected chi connectivity index (χ0v) is 29.6. The van der Waals surface area contributed by atoms with E-state index in [2.05, 4.69) is 152 Å². The van der Waals surface area contributed by atoms with E-state index in [1.54, 1.807) is 0 Å². The minimum Gasteiger partial charge on any atom is -0.355 e. The summed E-state index contributed by atoms with van der Waals surface area (Å²) in [5.41, 5.74) is 11.9. The van der Waals surface area contributed by atoms with Gasteiger partial charge in [-0.2, -0.15) is 0 Å². The van der Waals surface area contributed by atoms with E-state index in [1.807, 2.05) is 42.6 Å². The van der Waals surface area contributed by atoms with Gasteiger partial charge in [0.1, 0.15) is 5.65 Å². The van der Waals surface area contributed by atoms with Gasteiger partial charge in [0.15, 0.2) is 0 Å². The Bertz CT molecular complexity index is 3460. The van der Waals surface area contributed by atoms with Crippen LogP contribution in [0.3, 0.4) is 0 Å². The molecule has 12 rings (SSSR count). The van der Waals surface area contributed by atoms with E-state index < -0.39 is 6.98 Å². The second-order valence-corrected chi connectivity index (χ2v) is 14.3. The Kier molecular flexibility index (Phi) is 5.63. The van der Waals surface area contributed by atoms with E-state index in [1.165, 1.54) is 26.7 Å². The molecule has 1 aliphatic rings. The normalized spacial score (nSPS) is 14.1. The van der Waals surface area contributed by atoms with Crippen molar-refractivity contribution in [2.75, 3.05) is 28.3 Å². The van der Waals surface area contributed by atoms with Crippen LogP contribution in [0.1, 0.15) is 4.11 Å². The number of hydrogen-bond acceptors (Lipinski definition) is 4. The van der Waals surface area contributed by atoms with Crippen LogP contribution in [0.4, 0.5) is 34.1 Å². The maximum absolute atomic E-state index is 8.28. The zero-order valence-electron chi connectivity index (χ0n) is 32.6. The smallest absolute Gasteiger partial charge is 0.145 e. The highest BCUT2D eigenvalue weighted by atomic mass is 15.4. The van der Waals surface area contributed by atoms with Crippen LogP contribution < -0.4 is 14.7 Å². The predicted molar refractivity (Wildman–Crippen MR) is 230 cm³/mol. The van der Waals surface area contributed by atoms with Crippen molar-refractivity contribution in [3.63, 3.8) is 0 Å². The molecular weight excluding hydrogens is 673 g/mol. The average molecular weight is 710 g/mol. The van der Waals surface area contributed by atoms with E-state index in [0.29, 0.717) is 5.69 Å². The first-order valence-electron chi connectivity index (χ1n) is 20.1. The van der Waals surface area contributed by atoms with Crippen LogP contribution in [0, 0.1) is 0 Å². The van der Waals surface area contributed by atoms with Gasteiger partial charge in [0, 0.05) is 72.4 Å². The van der Waals surface area contributed by atoms with E-state index in [4.69, 9.17) is 9.10 Å². The number of aromatic nitrogens is 3. The van der Waals surface area contributed by atoms with Crippen molar-refractivity contribution in [3.8, 4) is 0 Å². The third kappa shape index (κ3) is 4.22. The molecule has 0 atom stereocenters. The van der Waals surface area contributed by atoms with Gasteiger partial charge in [0.2, 0.25) is 0 Å². The van der Waals surface area contributed by atoms with Crippen molar-refractivity contribution < 1.29 is 4.11 Å². The highest BCUT2D eigenvalue weighted by Gasteiger charge is 2.25. The van der Waals surface area contributed by atoms with Crippen LogP contribution in [-0.4, -0.2) is 27.4 Å². The van der Waals surface area contributed by atoms with Gasteiger partial charge >= 0.3 is 0 Å². The molecule has 55 heavy (non-hydrogen) atoms. The lowest BCUT2D eigenvalue weighted by molar-refractivity contribution is 0.949. The summed E-state index contributed by atoms with van der Waals surface area (Å²) in [5.74, 6) is 0. The van der Waals surface area contributed by atoms with Crippen LogP contribution in [0.25, 0.3) is 65.5 Å². The number of pyridine rings is 1. The lowest BCUT2D eigenvalue weighted by atomic mass is 10.1. The molecule has 0 fully saturated rings. The second kappa shape index (κ2) is 11.3. The summed E-state index contributed by atoms with van der Waals surface area (Å²) < 4.78 is 29.7. The van der Waals surface area contributed by atoms with E-state index in [0.717, 1.165) is 72.2 Å². The van der Waals surface area contributed by atoms with Crippen LogP contribution in [0.15, 0.2) is 176 Å². The molecule has 0 unspecified atom stereocenters. The Hall–Kier alpha value is -7.31. The van der Waals surface area contributed by atoms with Gasteiger partial charge in [-0.3, -0.25) is 4.40 Å². The number of anilines is 6. The van der Waals surface area contributed by atoms with E-state index >= 15 is 0 Å². The Balaban J connectivity index is 1.14. The summed E-state index contributed by atoms with van der Waals surface area (Å²) in [6.07, 6.45) is 1.89. The second-order valence-electron chi connectivity index (χ2n) is 14.3. The summed E-state index contributed by atoms with van der Waals surface area (Å²) >= 11 is 0. The van der Waals surface area contributed by atoms with Crippen molar-refractivity contribution in [2.24, 2.45) is 0 Å². The quantitative estimate of drug-likeness (QED) is 0.182. The standard InChI is InChI=1S/C49H34N6/c1-51-31-52(44-24-8-7-23-43(44)51)33-15-9-16-34(29-33)53(32-13-3-2-4-14-32)35-26-27-37-39-20-11-25-45-48(39)55(46(37)30-35)49-41(21-12-28-50-49)40-19-10-18-38-36-17-5-6-22-42(36)54(45)47(38)40/h2-30H,31H2,1H3/i1D3. The molecule has 6 nitrogen and oxygen atoms in total. The Labute approximate surface area is 321 Å². The number of fused-ring (bicyclic) bond motifs is 11. The summed E-state index contributed by atoms with van der Waals surface area (Å²) in [6, 6.07) is 59.4. The highest BCUT2D eigenvalue weighted by Crippen LogP contribution is 2.45. The third-order valence-electron chi connectivity index (χ3n) is 11.4. The van der Waals surface area contributed by atoms with E-state index in [9.17, 15) is 0 Å². The number of hydrogen-bond donors (Lipinski definition) is 0. The molecule has 6 heteroatoms. The molecule has 0 N–H and O–H groups in total. The molecule has 0 amide bonds. The minimum absolute atomic E-state index is 0.220. The predicted octanol–water partition coefficient (Wildman–Crippen LogP) is 12.4. The van der Waals surface area contributed by atoms with Crippen molar-refractivity contribution >= 4 is 99.7 Å². The van der Waals surface area contributed by atoms with Gasteiger partial charge < -0.3 is 19.1 Å². The molecule has 4 aromatic heterocycles. The van der Waals surface area contributed by atoms with Crippen molar-refractivity contribution in [3.05, 3.63) is 176 Å². The Morgan fingerprint density at radius 1 is 0.491 bits per heavy atom. The average Bonchev–Trinajstić information content (AvgIpc) is 3.92. The van der Waals surface area contributed by atoms with Gasteiger partial charge in [-0.15, -0.1) is 0 Å². The van der Waals surface area contributed by atoms with E-state index in [-0.39, 0.29) is 6.67 Å². The van der Waals surface area contributed by atoms with Crippen LogP contribution in [0.5, 0.6) is 0 Å². The highest BCUT2D eigenvalue weighted by molar-refractivity contribution is 6.23. The van der Waals surface area contributed by atoms with Crippen LogP contribution in [0.2, 0.25) is 0 Å². The first kappa shape index (κ1) is 27.3. The van der Waals surface area contributed by atoms with Gasteiger partial charge in [-0.05, 0) is 78.9 Å². The number of nitrogens with zero attached hydrogens (tertiary/aromatic N) is 6. The summed E-state index contributed by atoms with van der Waals surface area (Å²) in [7, 11) is 0. The molecule has 0 spiro atoms. The molecule has 0 saturated carbocycles. The third-order valence-corrected chi connectivity index (χ3v) is 11.4. The molecule has 0 saturated heterocycles. The molecule has 260 valence electrons. The number of benzene rings is 7. The van der Waals surface area contributed by atoms with Crippen molar-refractivity contribution in [1.29, 1.82) is 0 Å². The van der Waals surface area contributed by atoms with Crippen molar-refractivity contribution in [1.82, 2.24) is 13.8 Å². The zero-order chi connectivity index (χ0) is 38.7. The lowest BCUT2D eigenvalue weighted by Crippen LogP contribution is -2.24. The lowest BCUT2D eigenvalue weighted by Gasteiger charge is -2.27. The maximum Gasteiger partial charge on any atom is 0.145 e. The molecular formula is C49H34N6. The van der Waals surface area contributed by atoms with Gasteiger partial charge in [0.05, 0.1) is 45.6 Å². The fraction of sp³-hybridized carbons (Fsp3) is 0.0408. The maximum atomic E-state index is 8.28. The molecule has 1 aliphatic heterocycles. The van der Waals surface area contributed by atoms with Gasteiger partial charge in [0.25, 0.3) is 0 Å². The van der Waals surface area contributed by atoms with Crippen LogP contribution >= 0.6 is 0 Å². The summed E-state index contributed by atoms with van der Waals surface area (Å²) in [6.45, 7) is -2.06. The molecule has 0 bridgehead atoms. The first-order chi connectivity index (χ1) is 28.4. The molecule has 0 aliphatic carbocycles. The topological polar surface area (TPSA) is 31.4 Å². The first-order valence-corrected chi connectivity index (χ1v) is 18.6. The molecule has 5 heterocycles. The monoisotopic (exact) mass is 709 g/mol. The molecule has 0 radical (unpaired) electrons. The summed E-state index contributed by atoms with van der Waals surface area (Å²) in [5, 5.41) is 6.94.